The fraction of sp³-hybridized carbons (Fsp3) is 0.833. The molecule has 0 spiro atoms. The van der Waals surface area contributed by atoms with Crippen molar-refractivity contribution in [1.82, 2.24) is 10.2 Å². The summed E-state index contributed by atoms with van der Waals surface area (Å²) in [4.78, 5) is 24.8. The van der Waals surface area contributed by atoms with Crippen LogP contribution >= 0.6 is 0 Å². The van der Waals surface area contributed by atoms with Gasteiger partial charge in [0.15, 0.2) is 0 Å². The molecule has 2 aliphatic rings. The highest BCUT2D eigenvalue weighted by atomic mass is 16.4. The van der Waals surface area contributed by atoms with Gasteiger partial charge in [-0.1, -0.05) is 6.92 Å². The minimum Gasteiger partial charge on any atom is -0.480 e. The Morgan fingerprint density at radius 1 is 1.47 bits per heavy atom. The first-order valence-corrected chi connectivity index (χ1v) is 6.35. The quantitative estimate of drug-likeness (QED) is 0.735. The average molecular weight is 240 g/mol. The number of carboxylic acid groups (broad SMARTS) is 1. The van der Waals surface area contributed by atoms with Crippen molar-refractivity contribution < 1.29 is 14.7 Å². The Bertz CT molecular complexity index is 319. The molecule has 96 valence electrons. The third-order valence-electron chi connectivity index (χ3n) is 3.92. The van der Waals surface area contributed by atoms with Gasteiger partial charge >= 0.3 is 5.97 Å². The first-order chi connectivity index (χ1) is 8.09. The van der Waals surface area contributed by atoms with Crippen LogP contribution in [0.4, 0.5) is 0 Å². The summed E-state index contributed by atoms with van der Waals surface area (Å²) in [6.45, 7) is 3.50. The zero-order chi connectivity index (χ0) is 12.4. The number of likely N-dealkylation sites (tertiary alicyclic amines) is 1. The highest BCUT2D eigenvalue weighted by Crippen LogP contribution is 2.29. The number of nitrogens with one attached hydrogen (secondary N) is 1. The number of hydrogen-bond acceptors (Lipinski definition) is 3. The van der Waals surface area contributed by atoms with Crippen molar-refractivity contribution in [2.24, 2.45) is 5.92 Å². The number of carbonyl (C=O) groups excluding carboxylic acids is 1. The predicted molar refractivity (Wildman–Crippen MR) is 62.6 cm³/mol. The van der Waals surface area contributed by atoms with Crippen molar-refractivity contribution in [3.8, 4) is 0 Å². The van der Waals surface area contributed by atoms with Crippen LogP contribution in [0.2, 0.25) is 0 Å². The predicted octanol–water partition coefficient (Wildman–Crippen LogP) is 0.450. The second-order valence-electron chi connectivity index (χ2n) is 5.14. The summed E-state index contributed by atoms with van der Waals surface area (Å²) < 4.78 is 0. The van der Waals surface area contributed by atoms with Gasteiger partial charge in [-0.3, -0.25) is 14.5 Å². The van der Waals surface area contributed by atoms with Crippen molar-refractivity contribution in [3.05, 3.63) is 0 Å². The van der Waals surface area contributed by atoms with Gasteiger partial charge in [-0.2, -0.15) is 0 Å². The van der Waals surface area contributed by atoms with E-state index in [0.29, 0.717) is 6.42 Å². The molecule has 0 aliphatic carbocycles. The third-order valence-corrected chi connectivity index (χ3v) is 3.92. The molecule has 3 unspecified atom stereocenters. The summed E-state index contributed by atoms with van der Waals surface area (Å²) in [5.74, 6) is -0.519. The normalized spacial score (nSPS) is 35.4. The molecule has 2 N–H and O–H groups in total. The third kappa shape index (κ3) is 2.60. The maximum absolute atomic E-state index is 11.5. The molecule has 0 aromatic carbocycles. The van der Waals surface area contributed by atoms with E-state index in [1.807, 2.05) is 11.8 Å². The highest BCUT2D eigenvalue weighted by Gasteiger charge is 2.40. The van der Waals surface area contributed by atoms with E-state index in [9.17, 15) is 14.7 Å². The summed E-state index contributed by atoms with van der Waals surface area (Å²) in [5.41, 5.74) is 0. The summed E-state index contributed by atoms with van der Waals surface area (Å²) in [6, 6.07) is -0.311. The molecule has 0 saturated carbocycles. The van der Waals surface area contributed by atoms with Crippen molar-refractivity contribution in [3.63, 3.8) is 0 Å². The van der Waals surface area contributed by atoms with Crippen LogP contribution in [0.1, 0.15) is 32.6 Å². The van der Waals surface area contributed by atoms with Crippen LogP contribution in [0.25, 0.3) is 0 Å². The van der Waals surface area contributed by atoms with Crippen LogP contribution in [0, 0.1) is 5.92 Å². The standard InChI is InChI=1S/C12H20N2O3/c1-8-4-6-14(11(8)12(16)17)9-3-2-5-13-10(15)7-9/h8-9,11H,2-7H2,1H3,(H,13,15)(H,16,17). The molecule has 0 radical (unpaired) electrons. The number of rotatable bonds is 2. The zero-order valence-corrected chi connectivity index (χ0v) is 10.2. The maximum Gasteiger partial charge on any atom is 0.321 e. The summed E-state index contributed by atoms with van der Waals surface area (Å²) >= 11 is 0. The van der Waals surface area contributed by atoms with Gasteiger partial charge in [-0.05, 0) is 31.7 Å². The minimum atomic E-state index is -0.750. The van der Waals surface area contributed by atoms with E-state index in [1.165, 1.54) is 0 Å². The van der Waals surface area contributed by atoms with Crippen LogP contribution in [0.15, 0.2) is 0 Å². The Morgan fingerprint density at radius 3 is 2.94 bits per heavy atom. The first-order valence-electron chi connectivity index (χ1n) is 6.35. The van der Waals surface area contributed by atoms with E-state index in [4.69, 9.17) is 0 Å². The summed E-state index contributed by atoms with van der Waals surface area (Å²) in [7, 11) is 0. The lowest BCUT2D eigenvalue weighted by molar-refractivity contribution is -0.144. The van der Waals surface area contributed by atoms with Crippen LogP contribution in [-0.4, -0.2) is 47.1 Å². The Morgan fingerprint density at radius 2 is 2.24 bits per heavy atom. The first kappa shape index (κ1) is 12.4. The SMILES string of the molecule is CC1CCN(C2CCCNC(=O)C2)C1C(=O)O. The molecule has 2 fully saturated rings. The lowest BCUT2D eigenvalue weighted by atomic mass is 10.0. The Balaban J connectivity index is 2.09. The second-order valence-corrected chi connectivity index (χ2v) is 5.14. The fourth-order valence-corrected chi connectivity index (χ4v) is 3.01. The lowest BCUT2D eigenvalue weighted by Gasteiger charge is -2.30. The molecule has 2 rings (SSSR count). The van der Waals surface area contributed by atoms with Crippen LogP contribution in [0.3, 0.4) is 0 Å². The van der Waals surface area contributed by atoms with Crippen molar-refractivity contribution in [1.29, 1.82) is 0 Å². The van der Waals surface area contributed by atoms with Crippen LogP contribution < -0.4 is 5.32 Å². The number of amides is 1. The van der Waals surface area contributed by atoms with Crippen LogP contribution in [-0.2, 0) is 9.59 Å². The molecule has 2 heterocycles. The van der Waals surface area contributed by atoms with Gasteiger partial charge in [0.1, 0.15) is 6.04 Å². The van der Waals surface area contributed by atoms with E-state index in [1.54, 1.807) is 0 Å². The van der Waals surface area contributed by atoms with Gasteiger partial charge in [-0.15, -0.1) is 0 Å². The number of carboxylic acids is 1. The van der Waals surface area contributed by atoms with Crippen molar-refractivity contribution in [2.75, 3.05) is 13.1 Å². The Hall–Kier alpha value is -1.10. The number of hydrogen-bond donors (Lipinski definition) is 2. The number of aliphatic carboxylic acids is 1. The topological polar surface area (TPSA) is 69.6 Å². The van der Waals surface area contributed by atoms with Gasteiger partial charge in [0, 0.05) is 19.0 Å². The monoisotopic (exact) mass is 240 g/mol. The van der Waals surface area contributed by atoms with E-state index in [0.717, 1.165) is 32.4 Å². The highest BCUT2D eigenvalue weighted by molar-refractivity contribution is 5.77. The van der Waals surface area contributed by atoms with Gasteiger partial charge in [0.2, 0.25) is 5.91 Å². The number of carbonyl (C=O) groups is 2. The van der Waals surface area contributed by atoms with Gasteiger partial charge in [-0.25, -0.2) is 0 Å². The van der Waals surface area contributed by atoms with Gasteiger partial charge in [0.05, 0.1) is 0 Å². The molecule has 0 aromatic heterocycles. The average Bonchev–Trinajstić information content (AvgIpc) is 2.51. The molecule has 3 atom stereocenters. The maximum atomic E-state index is 11.5. The molecule has 1 amide bonds. The van der Waals surface area contributed by atoms with Gasteiger partial charge < -0.3 is 10.4 Å². The van der Waals surface area contributed by atoms with E-state index < -0.39 is 12.0 Å². The molecule has 2 aliphatic heterocycles. The summed E-state index contributed by atoms with van der Waals surface area (Å²) in [5, 5.41) is 12.1. The van der Waals surface area contributed by atoms with E-state index >= 15 is 0 Å². The fourth-order valence-electron chi connectivity index (χ4n) is 3.01. The Labute approximate surface area is 101 Å². The lowest BCUT2D eigenvalue weighted by Crippen LogP contribution is -2.46. The molecule has 0 bridgehead atoms. The molecular formula is C12H20N2O3. The molecular weight excluding hydrogens is 220 g/mol. The molecule has 0 aromatic rings. The minimum absolute atomic E-state index is 0.0520. The summed E-state index contributed by atoms with van der Waals surface area (Å²) in [6.07, 6.45) is 3.20. The van der Waals surface area contributed by atoms with Gasteiger partial charge in [0.25, 0.3) is 0 Å². The second kappa shape index (κ2) is 5.04. The van der Waals surface area contributed by atoms with Crippen LogP contribution in [0.5, 0.6) is 0 Å². The molecule has 5 heteroatoms. The Kier molecular flexibility index (Phi) is 3.66. The zero-order valence-electron chi connectivity index (χ0n) is 10.2. The smallest absolute Gasteiger partial charge is 0.321 e. The van der Waals surface area contributed by atoms with E-state index in [2.05, 4.69) is 5.32 Å². The molecule has 5 nitrogen and oxygen atoms in total. The van der Waals surface area contributed by atoms with Crippen molar-refractivity contribution in [2.45, 2.75) is 44.7 Å². The molecule has 2 saturated heterocycles. The number of nitrogens with zero attached hydrogens (tertiary/aromatic N) is 1. The molecule has 17 heavy (non-hydrogen) atoms. The van der Waals surface area contributed by atoms with E-state index in [-0.39, 0.29) is 17.9 Å². The van der Waals surface area contributed by atoms with Crippen molar-refractivity contribution >= 4 is 11.9 Å². The largest absolute Gasteiger partial charge is 0.480 e.